The molecular formula is C15H34N2. The van der Waals surface area contributed by atoms with Gasteiger partial charge in [-0.25, -0.2) is 0 Å². The minimum atomic E-state index is 0.197. The summed E-state index contributed by atoms with van der Waals surface area (Å²) in [5.41, 5.74) is 6.06. The van der Waals surface area contributed by atoms with Gasteiger partial charge in [0.2, 0.25) is 0 Å². The second kappa shape index (κ2) is 9.90. The summed E-state index contributed by atoms with van der Waals surface area (Å²) >= 11 is 0. The van der Waals surface area contributed by atoms with Gasteiger partial charge in [0, 0.05) is 12.1 Å². The Morgan fingerprint density at radius 1 is 0.941 bits per heavy atom. The highest BCUT2D eigenvalue weighted by Gasteiger charge is 2.24. The normalized spacial score (nSPS) is 15.2. The molecule has 2 heteroatoms. The van der Waals surface area contributed by atoms with Gasteiger partial charge in [-0.2, -0.15) is 0 Å². The minimum absolute atomic E-state index is 0.197. The Hall–Kier alpha value is -0.0800. The fraction of sp³-hybridized carbons (Fsp3) is 1.00. The highest BCUT2D eigenvalue weighted by Crippen LogP contribution is 2.17. The van der Waals surface area contributed by atoms with Crippen molar-refractivity contribution in [3.8, 4) is 0 Å². The zero-order valence-corrected chi connectivity index (χ0v) is 12.6. The zero-order chi connectivity index (χ0) is 13.1. The number of likely N-dealkylation sites (N-methyl/N-ethyl adjacent to an activating group) is 1. The molecule has 2 N–H and O–H groups in total. The molecular weight excluding hydrogens is 208 g/mol. The lowest BCUT2D eigenvalue weighted by Gasteiger charge is -2.37. The summed E-state index contributed by atoms with van der Waals surface area (Å²) in [4.78, 5) is 2.44. The van der Waals surface area contributed by atoms with Gasteiger partial charge in [-0.3, -0.25) is 4.90 Å². The number of hydrogen-bond acceptors (Lipinski definition) is 2. The number of rotatable bonds is 11. The van der Waals surface area contributed by atoms with Crippen molar-refractivity contribution in [2.45, 2.75) is 77.7 Å². The quantitative estimate of drug-likeness (QED) is 0.558. The van der Waals surface area contributed by atoms with Crippen molar-refractivity contribution >= 4 is 0 Å². The van der Waals surface area contributed by atoms with E-state index >= 15 is 0 Å². The van der Waals surface area contributed by atoms with E-state index < -0.39 is 0 Å². The van der Waals surface area contributed by atoms with Crippen molar-refractivity contribution in [1.29, 1.82) is 0 Å². The summed E-state index contributed by atoms with van der Waals surface area (Å²) in [5, 5.41) is 0. The van der Waals surface area contributed by atoms with E-state index in [2.05, 4.69) is 32.7 Å². The van der Waals surface area contributed by atoms with E-state index in [1.165, 1.54) is 51.5 Å². The molecule has 0 aliphatic carbocycles. The van der Waals surface area contributed by atoms with Crippen LogP contribution in [0.5, 0.6) is 0 Å². The van der Waals surface area contributed by atoms with Gasteiger partial charge in [-0.1, -0.05) is 52.4 Å². The molecule has 0 saturated carbocycles. The molecule has 0 radical (unpaired) electrons. The van der Waals surface area contributed by atoms with Crippen molar-refractivity contribution in [2.75, 3.05) is 20.1 Å². The van der Waals surface area contributed by atoms with Gasteiger partial charge in [0.05, 0.1) is 0 Å². The lowest BCUT2D eigenvalue weighted by atomic mass is 9.96. The van der Waals surface area contributed by atoms with E-state index in [1.807, 2.05) is 0 Å². The maximum atomic E-state index is 5.86. The van der Waals surface area contributed by atoms with Crippen LogP contribution in [0, 0.1) is 0 Å². The van der Waals surface area contributed by atoms with Crippen molar-refractivity contribution in [3.05, 3.63) is 0 Å². The van der Waals surface area contributed by atoms with Crippen LogP contribution in [0.1, 0.15) is 72.1 Å². The van der Waals surface area contributed by atoms with E-state index in [-0.39, 0.29) is 5.54 Å². The van der Waals surface area contributed by atoms with E-state index in [0.717, 1.165) is 13.0 Å². The summed E-state index contributed by atoms with van der Waals surface area (Å²) < 4.78 is 0. The van der Waals surface area contributed by atoms with Gasteiger partial charge < -0.3 is 5.73 Å². The van der Waals surface area contributed by atoms with Crippen molar-refractivity contribution in [2.24, 2.45) is 5.73 Å². The van der Waals surface area contributed by atoms with E-state index in [0.29, 0.717) is 0 Å². The van der Waals surface area contributed by atoms with Crippen LogP contribution in [-0.2, 0) is 0 Å². The van der Waals surface area contributed by atoms with Crippen molar-refractivity contribution < 1.29 is 0 Å². The van der Waals surface area contributed by atoms with Gasteiger partial charge in [0.1, 0.15) is 0 Å². The first kappa shape index (κ1) is 16.9. The average Bonchev–Trinajstić information content (AvgIpc) is 2.36. The summed E-state index contributed by atoms with van der Waals surface area (Å²) in [5.74, 6) is 0. The average molecular weight is 242 g/mol. The third-order valence-corrected chi connectivity index (χ3v) is 4.22. The van der Waals surface area contributed by atoms with Crippen molar-refractivity contribution in [1.82, 2.24) is 4.90 Å². The summed E-state index contributed by atoms with van der Waals surface area (Å²) in [7, 11) is 2.22. The van der Waals surface area contributed by atoms with Crippen LogP contribution in [0.25, 0.3) is 0 Å². The fourth-order valence-electron chi connectivity index (χ4n) is 2.15. The second-order valence-corrected chi connectivity index (χ2v) is 5.60. The van der Waals surface area contributed by atoms with Crippen LogP contribution in [0.4, 0.5) is 0 Å². The molecule has 0 saturated heterocycles. The third kappa shape index (κ3) is 7.05. The molecule has 0 rings (SSSR count). The summed E-state index contributed by atoms with van der Waals surface area (Å²) in [6.45, 7) is 8.72. The molecule has 0 aliphatic heterocycles. The Labute approximate surface area is 109 Å². The van der Waals surface area contributed by atoms with Crippen molar-refractivity contribution in [3.63, 3.8) is 0 Å². The van der Waals surface area contributed by atoms with Gasteiger partial charge >= 0.3 is 0 Å². The topological polar surface area (TPSA) is 29.3 Å². The molecule has 0 aromatic carbocycles. The summed E-state index contributed by atoms with van der Waals surface area (Å²) in [6, 6.07) is 0. The highest BCUT2D eigenvalue weighted by atomic mass is 15.2. The van der Waals surface area contributed by atoms with Gasteiger partial charge in [-0.05, 0) is 33.4 Å². The first-order chi connectivity index (χ1) is 8.10. The lowest BCUT2D eigenvalue weighted by molar-refractivity contribution is 0.137. The van der Waals surface area contributed by atoms with Crippen LogP contribution < -0.4 is 5.73 Å². The van der Waals surface area contributed by atoms with E-state index in [1.54, 1.807) is 0 Å². The molecule has 104 valence electrons. The van der Waals surface area contributed by atoms with Gasteiger partial charge in [0.15, 0.2) is 0 Å². The van der Waals surface area contributed by atoms with Gasteiger partial charge in [0.25, 0.3) is 0 Å². The molecule has 0 aromatic heterocycles. The summed E-state index contributed by atoms with van der Waals surface area (Å²) in [6.07, 6.45) is 10.8. The largest absolute Gasteiger partial charge is 0.329 e. The molecule has 0 bridgehead atoms. The smallest absolute Gasteiger partial charge is 0.0297 e. The molecule has 0 spiro atoms. The first-order valence-corrected chi connectivity index (χ1v) is 7.52. The van der Waals surface area contributed by atoms with E-state index in [4.69, 9.17) is 5.73 Å². The van der Waals surface area contributed by atoms with Crippen LogP contribution in [0.15, 0.2) is 0 Å². The van der Waals surface area contributed by atoms with E-state index in [9.17, 15) is 0 Å². The molecule has 1 unspecified atom stereocenters. The predicted octanol–water partition coefficient (Wildman–Crippen LogP) is 3.80. The first-order valence-electron chi connectivity index (χ1n) is 7.52. The Kier molecular flexibility index (Phi) is 9.85. The van der Waals surface area contributed by atoms with Crippen LogP contribution >= 0.6 is 0 Å². The third-order valence-electron chi connectivity index (χ3n) is 4.22. The molecule has 0 amide bonds. The molecule has 0 fully saturated rings. The maximum Gasteiger partial charge on any atom is 0.0297 e. The molecule has 17 heavy (non-hydrogen) atoms. The number of nitrogens with two attached hydrogens (primary N) is 1. The van der Waals surface area contributed by atoms with Gasteiger partial charge in [-0.15, -0.1) is 0 Å². The molecule has 2 nitrogen and oxygen atoms in total. The molecule has 1 atom stereocenters. The SMILES string of the molecule is CCCCCCCCCN(C)C(C)(CC)CN. The molecule has 0 aliphatic rings. The lowest BCUT2D eigenvalue weighted by Crippen LogP contribution is -2.49. The number of nitrogens with zero attached hydrogens (tertiary/aromatic N) is 1. The molecule has 0 heterocycles. The Morgan fingerprint density at radius 3 is 1.94 bits per heavy atom. The Morgan fingerprint density at radius 2 is 1.47 bits per heavy atom. The number of unbranched alkanes of at least 4 members (excludes halogenated alkanes) is 6. The fourth-order valence-corrected chi connectivity index (χ4v) is 2.15. The molecule has 0 aromatic rings. The van der Waals surface area contributed by atoms with Crippen LogP contribution in [-0.4, -0.2) is 30.6 Å². The van der Waals surface area contributed by atoms with Crippen LogP contribution in [0.2, 0.25) is 0 Å². The Balaban J connectivity index is 3.54. The number of hydrogen-bond donors (Lipinski definition) is 1. The Bertz CT molecular complexity index is 164. The second-order valence-electron chi connectivity index (χ2n) is 5.60. The predicted molar refractivity (Wildman–Crippen MR) is 78.4 cm³/mol. The minimum Gasteiger partial charge on any atom is -0.329 e. The zero-order valence-electron chi connectivity index (χ0n) is 12.6. The van der Waals surface area contributed by atoms with Crippen LogP contribution in [0.3, 0.4) is 0 Å². The monoisotopic (exact) mass is 242 g/mol. The maximum absolute atomic E-state index is 5.86. The highest BCUT2D eigenvalue weighted by molar-refractivity contribution is 4.83. The standard InChI is InChI=1S/C15H34N2/c1-5-7-8-9-10-11-12-13-17(4)15(3,6-2)14-16/h5-14,16H2,1-4H3.